The van der Waals surface area contributed by atoms with E-state index in [0.717, 1.165) is 5.56 Å². The number of rotatable bonds is 4. The number of aryl methyl sites for hydroxylation is 1. The molecule has 0 spiro atoms. The molecular formula is C13H19N3O2. The van der Waals surface area contributed by atoms with E-state index in [1.807, 2.05) is 26.8 Å². The van der Waals surface area contributed by atoms with E-state index in [4.69, 9.17) is 11.5 Å². The number of nitrogens with zero attached hydrogens (tertiary/aromatic N) is 1. The molecule has 0 aliphatic heterocycles. The Hall–Kier alpha value is -2.04. The van der Waals surface area contributed by atoms with Gasteiger partial charge in [0.25, 0.3) is 5.91 Å². The van der Waals surface area contributed by atoms with Crippen molar-refractivity contribution in [1.29, 1.82) is 0 Å². The third-order valence-corrected chi connectivity index (χ3v) is 2.65. The van der Waals surface area contributed by atoms with Crippen LogP contribution < -0.4 is 11.5 Å². The predicted molar refractivity (Wildman–Crippen MR) is 71.0 cm³/mol. The third kappa shape index (κ3) is 3.23. The van der Waals surface area contributed by atoms with Gasteiger partial charge in [0.1, 0.15) is 0 Å². The zero-order valence-electron chi connectivity index (χ0n) is 10.9. The van der Waals surface area contributed by atoms with Crippen LogP contribution in [-0.4, -0.2) is 29.3 Å². The Bertz CT molecular complexity index is 469. The van der Waals surface area contributed by atoms with Gasteiger partial charge >= 0.3 is 0 Å². The van der Waals surface area contributed by atoms with E-state index in [-0.39, 0.29) is 18.5 Å². The van der Waals surface area contributed by atoms with Crippen molar-refractivity contribution in [2.24, 2.45) is 5.73 Å². The molecule has 0 fully saturated rings. The van der Waals surface area contributed by atoms with Gasteiger partial charge in [-0.15, -0.1) is 0 Å². The van der Waals surface area contributed by atoms with Crippen LogP contribution in [0.25, 0.3) is 0 Å². The highest BCUT2D eigenvalue weighted by Crippen LogP contribution is 2.17. The topological polar surface area (TPSA) is 89.4 Å². The quantitative estimate of drug-likeness (QED) is 0.777. The zero-order valence-corrected chi connectivity index (χ0v) is 10.9. The number of anilines is 1. The molecule has 0 aromatic heterocycles. The maximum absolute atomic E-state index is 12.3. The number of nitrogens with two attached hydrogens (primary N) is 2. The van der Waals surface area contributed by atoms with Gasteiger partial charge in [0.2, 0.25) is 5.91 Å². The van der Waals surface area contributed by atoms with Crippen molar-refractivity contribution < 1.29 is 9.59 Å². The number of hydrogen-bond acceptors (Lipinski definition) is 3. The lowest BCUT2D eigenvalue weighted by molar-refractivity contribution is -0.119. The number of carbonyl (C=O) groups excluding carboxylic acids is 2. The molecule has 1 aromatic rings. The summed E-state index contributed by atoms with van der Waals surface area (Å²) in [6, 6.07) is 5.11. The first-order chi connectivity index (χ1) is 8.32. The Morgan fingerprint density at radius 1 is 1.33 bits per heavy atom. The number of carbonyl (C=O) groups is 2. The van der Waals surface area contributed by atoms with Crippen molar-refractivity contribution in [3.63, 3.8) is 0 Å². The van der Waals surface area contributed by atoms with E-state index in [0.29, 0.717) is 11.3 Å². The second-order valence-corrected chi connectivity index (χ2v) is 4.58. The molecule has 5 nitrogen and oxygen atoms in total. The lowest BCUT2D eigenvalue weighted by atomic mass is 10.1. The Morgan fingerprint density at radius 3 is 2.44 bits per heavy atom. The van der Waals surface area contributed by atoms with Gasteiger partial charge in [0.05, 0.1) is 12.1 Å². The van der Waals surface area contributed by atoms with E-state index < -0.39 is 5.91 Å². The lowest BCUT2D eigenvalue weighted by Gasteiger charge is -2.26. The van der Waals surface area contributed by atoms with Crippen molar-refractivity contribution in [2.75, 3.05) is 12.3 Å². The average Bonchev–Trinajstić information content (AvgIpc) is 2.27. The van der Waals surface area contributed by atoms with E-state index >= 15 is 0 Å². The number of hydrogen-bond donors (Lipinski definition) is 2. The summed E-state index contributed by atoms with van der Waals surface area (Å²) < 4.78 is 0. The maximum Gasteiger partial charge on any atom is 0.256 e. The Balaban J connectivity index is 3.09. The molecule has 4 N–H and O–H groups in total. The second kappa shape index (κ2) is 5.53. The van der Waals surface area contributed by atoms with Crippen LogP contribution in [0.1, 0.15) is 29.8 Å². The van der Waals surface area contributed by atoms with E-state index in [1.54, 1.807) is 12.1 Å². The molecule has 1 aromatic carbocycles. The summed E-state index contributed by atoms with van der Waals surface area (Å²) in [4.78, 5) is 24.7. The van der Waals surface area contributed by atoms with Gasteiger partial charge in [-0.3, -0.25) is 9.59 Å². The minimum Gasteiger partial charge on any atom is -0.398 e. The Kier molecular flexibility index (Phi) is 4.31. The van der Waals surface area contributed by atoms with E-state index in [1.165, 1.54) is 4.90 Å². The molecular weight excluding hydrogens is 230 g/mol. The normalized spacial score (nSPS) is 10.4. The summed E-state index contributed by atoms with van der Waals surface area (Å²) >= 11 is 0. The van der Waals surface area contributed by atoms with Gasteiger partial charge in [-0.05, 0) is 32.9 Å². The molecule has 0 bridgehead atoms. The summed E-state index contributed by atoms with van der Waals surface area (Å²) in [6.45, 7) is 5.42. The first-order valence-electron chi connectivity index (χ1n) is 5.78. The average molecular weight is 249 g/mol. The highest BCUT2D eigenvalue weighted by atomic mass is 16.2. The van der Waals surface area contributed by atoms with Crippen molar-refractivity contribution in [1.82, 2.24) is 4.90 Å². The zero-order chi connectivity index (χ0) is 13.9. The summed E-state index contributed by atoms with van der Waals surface area (Å²) in [6.07, 6.45) is 0. The number of amides is 2. The minimum absolute atomic E-state index is 0.107. The van der Waals surface area contributed by atoms with Crippen molar-refractivity contribution in [3.05, 3.63) is 29.3 Å². The van der Waals surface area contributed by atoms with E-state index in [9.17, 15) is 9.59 Å². The monoisotopic (exact) mass is 249 g/mol. The van der Waals surface area contributed by atoms with Gasteiger partial charge < -0.3 is 16.4 Å². The van der Waals surface area contributed by atoms with Crippen LogP contribution in [0.5, 0.6) is 0 Å². The van der Waals surface area contributed by atoms with Gasteiger partial charge in [-0.2, -0.15) is 0 Å². The summed E-state index contributed by atoms with van der Waals surface area (Å²) in [5.74, 6) is -0.812. The van der Waals surface area contributed by atoms with Gasteiger partial charge in [-0.25, -0.2) is 0 Å². The SMILES string of the molecule is Cc1ccc(N)c(C(=O)N(CC(N)=O)C(C)C)c1. The molecule has 0 saturated heterocycles. The fourth-order valence-electron chi connectivity index (χ4n) is 1.67. The van der Waals surface area contributed by atoms with Crippen molar-refractivity contribution in [2.45, 2.75) is 26.8 Å². The first-order valence-corrected chi connectivity index (χ1v) is 5.78. The molecule has 1 rings (SSSR count). The predicted octanol–water partition coefficient (Wildman–Crippen LogP) is 0.913. The van der Waals surface area contributed by atoms with Crippen LogP contribution in [0.4, 0.5) is 5.69 Å². The maximum atomic E-state index is 12.3. The van der Waals surface area contributed by atoms with Gasteiger partial charge in [0.15, 0.2) is 0 Å². The summed E-state index contributed by atoms with van der Waals surface area (Å²) in [5.41, 5.74) is 12.7. The number of primary amides is 1. The molecule has 2 amide bonds. The number of nitrogen functional groups attached to an aromatic ring is 1. The highest BCUT2D eigenvalue weighted by molar-refractivity contribution is 6.00. The molecule has 5 heteroatoms. The molecule has 0 aliphatic carbocycles. The van der Waals surface area contributed by atoms with Crippen LogP contribution in [0.3, 0.4) is 0 Å². The Labute approximate surface area is 107 Å². The van der Waals surface area contributed by atoms with Crippen molar-refractivity contribution >= 4 is 17.5 Å². The fraction of sp³-hybridized carbons (Fsp3) is 0.385. The van der Waals surface area contributed by atoms with Crippen LogP contribution in [0.2, 0.25) is 0 Å². The molecule has 0 unspecified atom stereocenters. The van der Waals surface area contributed by atoms with Crippen LogP contribution in [-0.2, 0) is 4.79 Å². The molecule has 0 radical (unpaired) electrons. The largest absolute Gasteiger partial charge is 0.398 e. The Morgan fingerprint density at radius 2 is 1.94 bits per heavy atom. The summed E-state index contributed by atoms with van der Waals surface area (Å²) in [7, 11) is 0. The van der Waals surface area contributed by atoms with Gasteiger partial charge in [-0.1, -0.05) is 11.6 Å². The van der Waals surface area contributed by atoms with E-state index in [2.05, 4.69) is 0 Å². The van der Waals surface area contributed by atoms with Crippen LogP contribution >= 0.6 is 0 Å². The second-order valence-electron chi connectivity index (χ2n) is 4.58. The lowest BCUT2D eigenvalue weighted by Crippen LogP contribution is -2.43. The highest BCUT2D eigenvalue weighted by Gasteiger charge is 2.22. The van der Waals surface area contributed by atoms with Gasteiger partial charge in [0, 0.05) is 11.7 Å². The molecule has 0 saturated carbocycles. The fourth-order valence-corrected chi connectivity index (χ4v) is 1.67. The van der Waals surface area contributed by atoms with Crippen LogP contribution in [0, 0.1) is 6.92 Å². The molecule has 0 aliphatic rings. The molecule has 18 heavy (non-hydrogen) atoms. The first kappa shape index (κ1) is 14.0. The standard InChI is InChI=1S/C13H19N3O2/c1-8(2)16(7-12(15)17)13(18)10-6-9(3)4-5-11(10)14/h4-6,8H,7,14H2,1-3H3,(H2,15,17). The molecule has 98 valence electrons. The summed E-state index contributed by atoms with van der Waals surface area (Å²) in [5, 5.41) is 0. The third-order valence-electron chi connectivity index (χ3n) is 2.65. The minimum atomic E-state index is -0.539. The smallest absolute Gasteiger partial charge is 0.256 e. The molecule has 0 heterocycles. The molecule has 0 atom stereocenters. The number of benzene rings is 1. The van der Waals surface area contributed by atoms with Crippen molar-refractivity contribution in [3.8, 4) is 0 Å². The van der Waals surface area contributed by atoms with Crippen LogP contribution in [0.15, 0.2) is 18.2 Å².